The van der Waals surface area contributed by atoms with E-state index in [4.69, 9.17) is 15.0 Å². The van der Waals surface area contributed by atoms with Crippen LogP contribution in [0.1, 0.15) is 77.2 Å². The third-order valence-corrected chi connectivity index (χ3v) is 11.3. The van der Waals surface area contributed by atoms with E-state index >= 15 is 0 Å². The lowest BCUT2D eigenvalue weighted by molar-refractivity contribution is -0.125. The Kier molecular flexibility index (Phi) is 7.18. The number of rotatable bonds is 6. The lowest BCUT2D eigenvalue weighted by Gasteiger charge is -2.60. The summed E-state index contributed by atoms with van der Waals surface area (Å²) in [5, 5.41) is 18.5. The van der Waals surface area contributed by atoms with Crippen molar-refractivity contribution < 1.29 is 19.2 Å². The highest BCUT2D eigenvalue weighted by atomic mass is 16.6. The van der Waals surface area contributed by atoms with Gasteiger partial charge in [0.05, 0.1) is 11.8 Å². The molecule has 0 unspecified atom stereocenters. The second kappa shape index (κ2) is 10.5. The molecule has 4 saturated carbocycles. The van der Waals surface area contributed by atoms with E-state index in [0.717, 1.165) is 67.0 Å². The first-order valence-corrected chi connectivity index (χ1v) is 15.1. The van der Waals surface area contributed by atoms with Gasteiger partial charge < -0.3 is 25.4 Å². The fourth-order valence-electron chi connectivity index (χ4n) is 9.18. The second-order valence-corrected chi connectivity index (χ2v) is 13.3. The van der Waals surface area contributed by atoms with Crippen LogP contribution in [0.5, 0.6) is 0 Å². The van der Waals surface area contributed by atoms with Crippen molar-refractivity contribution in [3.05, 3.63) is 40.2 Å². The molecule has 1 aromatic carbocycles. The second-order valence-electron chi connectivity index (χ2n) is 13.3. The molecule has 0 bridgehead atoms. The molecule has 4 aliphatic carbocycles. The first kappa shape index (κ1) is 27.3. The van der Waals surface area contributed by atoms with Gasteiger partial charge in [0.25, 0.3) is 5.91 Å². The number of hydrogen-bond donors (Lipinski definition) is 3. The molecule has 8 nitrogen and oxygen atoms in total. The molecule has 0 aliphatic heterocycles. The minimum absolute atomic E-state index is 0.0495. The molecule has 7 atom stereocenters. The molecular weight excluding hydrogens is 506 g/mol. The number of nitrogens with one attached hydrogen (secondary N) is 1. The van der Waals surface area contributed by atoms with E-state index in [1.165, 1.54) is 25.3 Å². The normalized spacial score (nSPS) is 36.1. The Morgan fingerprint density at radius 2 is 2.00 bits per heavy atom. The molecule has 1 amide bonds. The Morgan fingerprint density at radius 1 is 1.15 bits per heavy atom. The average molecular weight is 550 g/mol. The summed E-state index contributed by atoms with van der Waals surface area (Å²) < 4.78 is 5.25. The van der Waals surface area contributed by atoms with Crippen molar-refractivity contribution in [2.45, 2.75) is 84.2 Å². The Bertz CT molecular complexity index is 1370. The molecule has 4 aliphatic rings. The van der Waals surface area contributed by atoms with Gasteiger partial charge in [0.15, 0.2) is 6.61 Å². The number of carbonyl (C=O) groups is 1. The number of amides is 1. The van der Waals surface area contributed by atoms with Gasteiger partial charge >= 0.3 is 5.63 Å². The van der Waals surface area contributed by atoms with E-state index in [1.807, 2.05) is 6.07 Å². The van der Waals surface area contributed by atoms with E-state index in [1.54, 1.807) is 12.1 Å². The maximum Gasteiger partial charge on any atom is 0.336 e. The van der Waals surface area contributed by atoms with Crippen LogP contribution in [0, 0.1) is 34.5 Å². The Labute approximate surface area is 235 Å². The summed E-state index contributed by atoms with van der Waals surface area (Å²) in [7, 11) is 0. The van der Waals surface area contributed by atoms with Crippen LogP contribution in [0.4, 0.5) is 5.69 Å². The maximum atomic E-state index is 12.5. The number of aliphatic hydroxyl groups excluding tert-OH is 1. The zero-order valence-electron chi connectivity index (χ0n) is 23.8. The predicted molar refractivity (Wildman–Crippen MR) is 155 cm³/mol. The molecule has 216 valence electrons. The summed E-state index contributed by atoms with van der Waals surface area (Å²) >= 11 is 0. The molecule has 4 fully saturated rings. The number of benzene rings is 1. The first-order chi connectivity index (χ1) is 19.2. The minimum Gasteiger partial charge on any atom is -0.423 e. The fourth-order valence-corrected chi connectivity index (χ4v) is 9.18. The lowest BCUT2D eigenvalue weighted by atomic mass is 9.45. The molecular formula is C32H43N3O5. The molecule has 2 aromatic rings. The summed E-state index contributed by atoms with van der Waals surface area (Å²) in [6.07, 6.45) is 10.4. The number of anilines is 1. The zero-order valence-corrected chi connectivity index (χ0v) is 23.8. The number of nitrogens with two attached hydrogens (primary N) is 1. The molecule has 1 heterocycles. The Hall–Kier alpha value is -2.87. The quantitative estimate of drug-likeness (QED) is 0.270. The molecule has 1 aromatic heterocycles. The number of fused-ring (bicyclic) bond motifs is 6. The first-order valence-electron chi connectivity index (χ1n) is 15.1. The van der Waals surface area contributed by atoms with Crippen molar-refractivity contribution in [2.24, 2.45) is 39.7 Å². The van der Waals surface area contributed by atoms with Crippen molar-refractivity contribution in [1.82, 2.24) is 5.32 Å². The molecule has 4 N–H and O–H groups in total. The van der Waals surface area contributed by atoms with Crippen LogP contribution in [0.3, 0.4) is 0 Å². The number of nitrogens with zero attached hydrogens (tertiary/aromatic N) is 1. The molecule has 0 radical (unpaired) electrons. The standard InChI is InChI=1S/C32H43N3O5/c1-31-12-9-22(36)16-20(31)3-5-24-25-7-8-28(32(25,2)13-10-26(24)31)35-39-18-29(37)34-14-11-19-15-30(38)40-27-17-21(33)4-6-23(19)27/h4,6,15,17,20,22,24-26,36H,3,5,7-14,16,18,33H2,1-2H3,(H,34,37)/b35-28-/t20-,22+,24-,25-,26-,31-,32-/m0/s1. The van der Waals surface area contributed by atoms with Gasteiger partial charge in [-0.25, -0.2) is 4.79 Å². The molecule has 8 heteroatoms. The molecule has 6 rings (SSSR count). The average Bonchev–Trinajstić information content (AvgIpc) is 3.25. The predicted octanol–water partition coefficient (Wildman–Crippen LogP) is 4.81. The third-order valence-electron chi connectivity index (χ3n) is 11.3. The number of hydrogen-bond acceptors (Lipinski definition) is 7. The Morgan fingerprint density at radius 3 is 2.85 bits per heavy atom. The van der Waals surface area contributed by atoms with Crippen LogP contribution in [-0.2, 0) is 16.1 Å². The van der Waals surface area contributed by atoms with Gasteiger partial charge in [-0.1, -0.05) is 19.0 Å². The van der Waals surface area contributed by atoms with Crippen LogP contribution >= 0.6 is 0 Å². The van der Waals surface area contributed by atoms with Crippen molar-refractivity contribution in [1.29, 1.82) is 0 Å². The highest BCUT2D eigenvalue weighted by Gasteiger charge is 2.59. The monoisotopic (exact) mass is 549 g/mol. The molecule has 0 spiro atoms. The van der Waals surface area contributed by atoms with Crippen molar-refractivity contribution >= 4 is 28.3 Å². The number of aliphatic hydroxyl groups is 1. The number of nitrogen functional groups attached to an aromatic ring is 1. The SMILES string of the molecule is C[C@]12CC[C@@H](O)C[C@@H]1CC[C@@H]1[C@@H]2CC[C@]2(C)/C(=N\OCC(=O)NCCc3cc(=O)oc4cc(N)ccc34)CC[C@@H]12. The van der Waals surface area contributed by atoms with Gasteiger partial charge in [-0.05, 0) is 111 Å². The summed E-state index contributed by atoms with van der Waals surface area (Å²) in [6.45, 7) is 5.14. The summed E-state index contributed by atoms with van der Waals surface area (Å²) in [5.74, 6) is 2.53. The summed E-state index contributed by atoms with van der Waals surface area (Å²) in [6, 6.07) is 6.70. The highest BCUT2D eigenvalue weighted by Crippen LogP contribution is 2.65. The van der Waals surface area contributed by atoms with E-state index in [9.17, 15) is 14.7 Å². The number of carbonyl (C=O) groups excluding carboxylic acids is 1. The van der Waals surface area contributed by atoms with Crippen molar-refractivity contribution in [2.75, 3.05) is 18.9 Å². The molecule has 40 heavy (non-hydrogen) atoms. The largest absolute Gasteiger partial charge is 0.423 e. The van der Waals surface area contributed by atoms with Gasteiger partial charge in [0.2, 0.25) is 0 Å². The summed E-state index contributed by atoms with van der Waals surface area (Å²) in [4.78, 5) is 30.1. The van der Waals surface area contributed by atoms with Crippen LogP contribution < -0.4 is 16.7 Å². The van der Waals surface area contributed by atoms with E-state index < -0.39 is 5.63 Å². The zero-order chi connectivity index (χ0) is 28.1. The van der Waals surface area contributed by atoms with E-state index in [2.05, 4.69) is 24.3 Å². The van der Waals surface area contributed by atoms with Gasteiger partial charge in [0.1, 0.15) is 5.58 Å². The van der Waals surface area contributed by atoms with Gasteiger partial charge in [0, 0.05) is 35.2 Å². The Balaban J connectivity index is 1.03. The van der Waals surface area contributed by atoms with E-state index in [0.29, 0.717) is 41.5 Å². The van der Waals surface area contributed by atoms with Crippen molar-refractivity contribution in [3.8, 4) is 0 Å². The van der Waals surface area contributed by atoms with Crippen LogP contribution in [0.15, 0.2) is 38.6 Å². The van der Waals surface area contributed by atoms with Crippen LogP contribution in [0.2, 0.25) is 0 Å². The maximum absolute atomic E-state index is 12.5. The highest BCUT2D eigenvalue weighted by molar-refractivity contribution is 5.92. The van der Waals surface area contributed by atoms with Crippen LogP contribution in [-0.4, -0.2) is 36.0 Å². The van der Waals surface area contributed by atoms with Gasteiger partial charge in [-0.2, -0.15) is 0 Å². The van der Waals surface area contributed by atoms with E-state index in [-0.39, 0.29) is 24.0 Å². The summed E-state index contributed by atoms with van der Waals surface area (Å²) in [5.41, 5.74) is 8.69. The van der Waals surface area contributed by atoms with Gasteiger partial charge in [-0.15, -0.1) is 0 Å². The van der Waals surface area contributed by atoms with Crippen molar-refractivity contribution in [3.63, 3.8) is 0 Å². The smallest absolute Gasteiger partial charge is 0.336 e. The number of oxime groups is 1. The van der Waals surface area contributed by atoms with Crippen LogP contribution in [0.25, 0.3) is 11.0 Å². The van der Waals surface area contributed by atoms with Gasteiger partial charge in [-0.3, -0.25) is 4.79 Å². The fraction of sp³-hybridized carbons (Fsp3) is 0.656. The lowest BCUT2D eigenvalue weighted by Crippen LogP contribution is -2.54. The molecule has 0 saturated heterocycles. The topological polar surface area (TPSA) is 127 Å². The third kappa shape index (κ3) is 4.82. The minimum atomic E-state index is -0.435.